The quantitative estimate of drug-likeness (QED) is 0.538. The minimum Gasteiger partial charge on any atom is -0.479 e. The fraction of sp³-hybridized carbons (Fsp3) is 0.105. The number of methoxy groups -OCH3 is 1. The van der Waals surface area contributed by atoms with Crippen LogP contribution in [0.15, 0.2) is 61.3 Å². The molecule has 0 saturated carbocycles. The molecule has 0 aliphatic heterocycles. The predicted octanol–water partition coefficient (Wildman–Crippen LogP) is 2.45. The third-order valence-corrected chi connectivity index (χ3v) is 3.96. The van der Waals surface area contributed by atoms with Crippen LogP contribution < -0.4 is 14.8 Å². The fourth-order valence-corrected chi connectivity index (χ4v) is 2.60. The lowest BCUT2D eigenvalue weighted by Gasteiger charge is -2.08. The van der Waals surface area contributed by atoms with Crippen molar-refractivity contribution >= 4 is 11.6 Å². The van der Waals surface area contributed by atoms with E-state index in [9.17, 15) is 4.79 Å². The summed E-state index contributed by atoms with van der Waals surface area (Å²) in [4.78, 5) is 16.4. The molecule has 4 aromatic rings. The van der Waals surface area contributed by atoms with E-state index in [4.69, 9.17) is 9.47 Å². The van der Waals surface area contributed by atoms with Crippen molar-refractivity contribution in [1.29, 1.82) is 0 Å². The van der Waals surface area contributed by atoms with Crippen LogP contribution in [0.25, 0.3) is 5.82 Å². The van der Waals surface area contributed by atoms with Crippen LogP contribution in [0.5, 0.6) is 17.5 Å². The SMILES string of the molecule is COc1nn(C)cc1C(=O)Nc1ccc(Oc2ccc(-n3ccnc3)nn2)cc1. The zero-order chi connectivity index (χ0) is 20.2. The number of carbonyl (C=O) groups excluding carboxylic acids is 1. The van der Waals surface area contributed by atoms with E-state index in [-0.39, 0.29) is 11.8 Å². The van der Waals surface area contributed by atoms with Crippen molar-refractivity contribution in [1.82, 2.24) is 29.5 Å². The summed E-state index contributed by atoms with van der Waals surface area (Å²) >= 11 is 0. The maximum absolute atomic E-state index is 12.4. The molecule has 4 rings (SSSR count). The highest BCUT2D eigenvalue weighted by atomic mass is 16.5. The van der Waals surface area contributed by atoms with Gasteiger partial charge in [0.25, 0.3) is 5.91 Å². The first-order valence-electron chi connectivity index (χ1n) is 8.61. The molecule has 0 spiro atoms. The number of hydrogen-bond acceptors (Lipinski definition) is 7. The fourth-order valence-electron chi connectivity index (χ4n) is 2.60. The van der Waals surface area contributed by atoms with Gasteiger partial charge in [-0.1, -0.05) is 0 Å². The predicted molar refractivity (Wildman–Crippen MR) is 103 cm³/mol. The van der Waals surface area contributed by atoms with Crippen molar-refractivity contribution in [2.75, 3.05) is 12.4 Å². The van der Waals surface area contributed by atoms with Gasteiger partial charge in [0.2, 0.25) is 11.8 Å². The van der Waals surface area contributed by atoms with E-state index < -0.39 is 0 Å². The van der Waals surface area contributed by atoms with E-state index in [1.807, 2.05) is 0 Å². The van der Waals surface area contributed by atoms with E-state index >= 15 is 0 Å². The molecule has 1 amide bonds. The average molecular weight is 391 g/mol. The summed E-state index contributed by atoms with van der Waals surface area (Å²) in [6.45, 7) is 0. The van der Waals surface area contributed by atoms with Crippen LogP contribution in [0.2, 0.25) is 0 Å². The van der Waals surface area contributed by atoms with Crippen LogP contribution in [0.4, 0.5) is 5.69 Å². The molecule has 3 aromatic heterocycles. The number of nitrogens with zero attached hydrogens (tertiary/aromatic N) is 6. The van der Waals surface area contributed by atoms with Crippen molar-refractivity contribution in [3.05, 3.63) is 66.9 Å². The molecule has 1 aromatic carbocycles. The lowest BCUT2D eigenvalue weighted by atomic mass is 10.2. The summed E-state index contributed by atoms with van der Waals surface area (Å²) in [6.07, 6.45) is 6.67. The Labute approximate surface area is 165 Å². The van der Waals surface area contributed by atoms with Gasteiger partial charge in [0.1, 0.15) is 17.6 Å². The summed E-state index contributed by atoms with van der Waals surface area (Å²) in [5.74, 6) is 1.50. The highest BCUT2D eigenvalue weighted by Gasteiger charge is 2.16. The summed E-state index contributed by atoms with van der Waals surface area (Å²) in [6, 6.07) is 10.4. The number of ether oxygens (including phenoxy) is 2. The summed E-state index contributed by atoms with van der Waals surface area (Å²) < 4.78 is 14.1. The van der Waals surface area contributed by atoms with Crippen LogP contribution in [0.3, 0.4) is 0 Å². The topological polar surface area (TPSA) is 109 Å². The Morgan fingerprint density at radius 2 is 1.93 bits per heavy atom. The largest absolute Gasteiger partial charge is 0.479 e. The molecule has 29 heavy (non-hydrogen) atoms. The Morgan fingerprint density at radius 3 is 2.59 bits per heavy atom. The van der Waals surface area contributed by atoms with Crippen molar-refractivity contribution in [2.45, 2.75) is 0 Å². The second kappa shape index (κ2) is 7.80. The van der Waals surface area contributed by atoms with Crippen LogP contribution in [0, 0.1) is 0 Å². The number of rotatable bonds is 6. The van der Waals surface area contributed by atoms with E-state index in [0.717, 1.165) is 0 Å². The second-order valence-electron chi connectivity index (χ2n) is 6.01. The maximum Gasteiger partial charge on any atom is 0.262 e. The molecule has 0 radical (unpaired) electrons. The van der Waals surface area contributed by atoms with E-state index in [2.05, 4.69) is 25.6 Å². The van der Waals surface area contributed by atoms with Crippen LogP contribution >= 0.6 is 0 Å². The number of hydrogen-bond donors (Lipinski definition) is 1. The molecule has 0 saturated heterocycles. The third kappa shape index (κ3) is 4.05. The first kappa shape index (κ1) is 18.2. The Bertz CT molecular complexity index is 1100. The molecule has 1 N–H and O–H groups in total. The molecule has 10 heteroatoms. The monoisotopic (exact) mass is 391 g/mol. The standard InChI is InChI=1S/C19H17N7O3/c1-25-11-15(19(24-25)28-2)18(27)21-13-3-5-14(6-4-13)29-17-8-7-16(22-23-17)26-10-9-20-12-26/h3-12H,1-2H3,(H,21,27). The minimum atomic E-state index is -0.315. The number of nitrogens with one attached hydrogen (secondary N) is 1. The summed E-state index contributed by atoms with van der Waals surface area (Å²) in [7, 11) is 3.19. The number of aromatic nitrogens is 6. The van der Waals surface area contributed by atoms with Gasteiger partial charge in [-0.05, 0) is 30.3 Å². The first-order valence-corrected chi connectivity index (χ1v) is 8.61. The molecule has 0 atom stereocenters. The van der Waals surface area contributed by atoms with Crippen molar-refractivity contribution in [3.8, 4) is 23.3 Å². The maximum atomic E-state index is 12.4. The number of anilines is 1. The average Bonchev–Trinajstić information content (AvgIpc) is 3.40. The van der Waals surface area contributed by atoms with Gasteiger partial charge in [-0.3, -0.25) is 14.0 Å². The first-order chi connectivity index (χ1) is 14.1. The molecular weight excluding hydrogens is 374 g/mol. The zero-order valence-electron chi connectivity index (χ0n) is 15.7. The van der Waals surface area contributed by atoms with Crippen LogP contribution in [-0.2, 0) is 7.05 Å². The lowest BCUT2D eigenvalue weighted by molar-refractivity contribution is 0.102. The number of amides is 1. The van der Waals surface area contributed by atoms with Gasteiger partial charge >= 0.3 is 0 Å². The van der Waals surface area contributed by atoms with Gasteiger partial charge in [0.05, 0.1) is 7.11 Å². The number of aryl methyl sites for hydroxylation is 1. The molecule has 146 valence electrons. The molecular formula is C19H17N7O3. The number of imidazole rings is 1. The Morgan fingerprint density at radius 1 is 1.10 bits per heavy atom. The second-order valence-corrected chi connectivity index (χ2v) is 6.01. The lowest BCUT2D eigenvalue weighted by Crippen LogP contribution is -2.12. The Balaban J connectivity index is 1.40. The van der Waals surface area contributed by atoms with Gasteiger partial charge in [-0.15, -0.1) is 15.3 Å². The summed E-state index contributed by atoms with van der Waals surface area (Å²) in [5.41, 5.74) is 0.957. The van der Waals surface area contributed by atoms with Crippen molar-refractivity contribution in [2.24, 2.45) is 7.05 Å². The number of benzene rings is 1. The molecule has 0 aliphatic carbocycles. The third-order valence-electron chi connectivity index (χ3n) is 3.96. The molecule has 0 fully saturated rings. The normalized spacial score (nSPS) is 10.6. The molecule has 10 nitrogen and oxygen atoms in total. The highest BCUT2D eigenvalue weighted by Crippen LogP contribution is 2.23. The van der Waals surface area contributed by atoms with Gasteiger partial charge < -0.3 is 14.8 Å². The van der Waals surface area contributed by atoms with E-state index in [1.165, 1.54) is 11.8 Å². The van der Waals surface area contributed by atoms with Gasteiger partial charge in [-0.25, -0.2) is 4.98 Å². The van der Waals surface area contributed by atoms with Crippen molar-refractivity contribution < 1.29 is 14.3 Å². The van der Waals surface area contributed by atoms with Crippen molar-refractivity contribution in [3.63, 3.8) is 0 Å². The van der Waals surface area contributed by atoms with Crippen LogP contribution in [0.1, 0.15) is 10.4 Å². The van der Waals surface area contributed by atoms with E-state index in [0.29, 0.717) is 28.7 Å². The molecule has 3 heterocycles. The van der Waals surface area contributed by atoms with Gasteiger partial charge in [-0.2, -0.15) is 0 Å². The van der Waals surface area contributed by atoms with Gasteiger partial charge in [0.15, 0.2) is 5.82 Å². The Hall–Kier alpha value is -4.21. The van der Waals surface area contributed by atoms with Gasteiger partial charge in [0, 0.05) is 37.4 Å². The minimum absolute atomic E-state index is 0.266. The van der Waals surface area contributed by atoms with E-state index in [1.54, 1.807) is 72.9 Å². The summed E-state index contributed by atoms with van der Waals surface area (Å²) in [5, 5.41) is 15.0. The zero-order valence-corrected chi connectivity index (χ0v) is 15.7. The highest BCUT2D eigenvalue weighted by molar-refractivity contribution is 6.05. The smallest absolute Gasteiger partial charge is 0.262 e. The Kier molecular flexibility index (Phi) is 4.89. The van der Waals surface area contributed by atoms with Crippen LogP contribution in [-0.4, -0.2) is 42.5 Å². The number of carbonyl (C=O) groups is 1. The molecule has 0 bridgehead atoms. The molecule has 0 aliphatic rings. The molecule has 0 unspecified atom stereocenters.